The lowest BCUT2D eigenvalue weighted by atomic mass is 9.92. The smallest absolute Gasteiger partial charge is 0.235 e. The predicted molar refractivity (Wildman–Crippen MR) is 184 cm³/mol. The Labute approximate surface area is 283 Å². The number of carbonyl (C=O) groups is 3. The van der Waals surface area contributed by atoms with Crippen molar-refractivity contribution in [2.75, 3.05) is 53.8 Å². The Kier molecular flexibility index (Phi) is 8.65. The molecule has 2 fully saturated rings. The molecule has 3 aliphatic heterocycles. The monoisotopic (exact) mass is 671 g/mol. The zero-order valence-corrected chi connectivity index (χ0v) is 27.9. The molecule has 0 bridgehead atoms. The number of nitrogens with zero attached hydrogens (tertiary/aromatic N) is 6. The fourth-order valence-corrected chi connectivity index (χ4v) is 7.10. The number of aryl methyl sites for hydroxylation is 1. The minimum atomic E-state index is -0.434. The van der Waals surface area contributed by atoms with E-state index in [0.29, 0.717) is 54.9 Å². The number of aromatic nitrogens is 4. The molecule has 0 aliphatic carbocycles. The summed E-state index contributed by atoms with van der Waals surface area (Å²) in [4.78, 5) is 50.0. The Balaban J connectivity index is 1.01. The predicted octanol–water partition coefficient (Wildman–Crippen LogP) is 4.14. The van der Waals surface area contributed by atoms with Crippen LogP contribution in [0.3, 0.4) is 0 Å². The minimum Gasteiger partial charge on any atom is -0.383 e. The van der Waals surface area contributed by atoms with Crippen molar-refractivity contribution < 1.29 is 19.1 Å². The van der Waals surface area contributed by atoms with E-state index < -0.39 is 5.92 Å². The van der Waals surface area contributed by atoms with Gasteiger partial charge in [-0.05, 0) is 60.7 Å². The van der Waals surface area contributed by atoms with Crippen molar-refractivity contribution in [3.63, 3.8) is 0 Å². The Morgan fingerprint density at radius 3 is 2.73 bits per heavy atom. The average Bonchev–Trinajstić information content (AvgIpc) is 3.56. The number of benzene rings is 2. The number of nitrogens with one attached hydrogen (secondary N) is 3. The lowest BCUT2D eigenvalue weighted by Gasteiger charge is -2.37. The van der Waals surface area contributed by atoms with Crippen LogP contribution in [-0.4, -0.2) is 76.9 Å². The number of carbonyl (C=O) groups excluding carboxylic acids is 3. The maximum atomic E-state index is 12.5. The summed E-state index contributed by atoms with van der Waals surface area (Å²) in [6.45, 7) is 4.73. The molecular formula is C34H38ClN9O4. The van der Waals surface area contributed by atoms with Gasteiger partial charge in [0.25, 0.3) is 0 Å². The minimum absolute atomic E-state index is 0.0602. The van der Waals surface area contributed by atoms with Crippen molar-refractivity contribution in [3.8, 4) is 0 Å². The number of anilines is 5. The topological polar surface area (TPSA) is 147 Å². The second kappa shape index (κ2) is 13.0. The van der Waals surface area contributed by atoms with E-state index in [1.807, 2.05) is 37.4 Å². The number of imide groups is 1. The van der Waals surface area contributed by atoms with E-state index in [1.54, 1.807) is 22.9 Å². The number of fused-ring (bicyclic) bond motifs is 2. The Morgan fingerprint density at radius 1 is 1.10 bits per heavy atom. The summed E-state index contributed by atoms with van der Waals surface area (Å²) in [6.07, 6.45) is 3.62. The fourth-order valence-electron chi connectivity index (χ4n) is 6.97. The van der Waals surface area contributed by atoms with Gasteiger partial charge in [-0.3, -0.25) is 24.4 Å². The maximum absolute atomic E-state index is 12.5. The Hall–Kier alpha value is -4.75. The van der Waals surface area contributed by atoms with Crippen molar-refractivity contribution in [3.05, 3.63) is 58.9 Å². The number of methoxy groups -OCH3 is 1. The van der Waals surface area contributed by atoms with Gasteiger partial charge in [-0.1, -0.05) is 18.5 Å². The molecule has 7 rings (SSSR count). The molecule has 4 aromatic rings. The first-order valence-electron chi connectivity index (χ1n) is 16.2. The molecule has 0 radical (unpaired) electrons. The van der Waals surface area contributed by atoms with Crippen LogP contribution in [0.2, 0.25) is 5.02 Å². The van der Waals surface area contributed by atoms with Gasteiger partial charge < -0.3 is 25.2 Å². The van der Waals surface area contributed by atoms with Crippen molar-refractivity contribution in [1.29, 1.82) is 0 Å². The van der Waals surface area contributed by atoms with Gasteiger partial charge in [-0.15, -0.1) is 0 Å². The molecule has 1 unspecified atom stereocenters. The van der Waals surface area contributed by atoms with Crippen molar-refractivity contribution in [1.82, 2.24) is 25.1 Å². The molecule has 0 spiro atoms. The molecule has 3 amide bonds. The third-order valence-corrected chi connectivity index (χ3v) is 9.79. The Bertz CT molecular complexity index is 1910. The van der Waals surface area contributed by atoms with E-state index in [4.69, 9.17) is 21.3 Å². The molecule has 5 heterocycles. The first kappa shape index (κ1) is 31.8. The summed E-state index contributed by atoms with van der Waals surface area (Å²) in [5.41, 5.74) is 5.27. The normalized spacial score (nSPS) is 21.1. The van der Waals surface area contributed by atoms with Crippen LogP contribution in [0.5, 0.6) is 0 Å². The van der Waals surface area contributed by atoms with Crippen LogP contribution in [0.4, 0.5) is 28.8 Å². The van der Waals surface area contributed by atoms with Gasteiger partial charge in [0.05, 0.1) is 36.4 Å². The lowest BCUT2D eigenvalue weighted by Crippen LogP contribution is -2.46. The van der Waals surface area contributed by atoms with Crippen molar-refractivity contribution in [2.45, 2.75) is 44.6 Å². The summed E-state index contributed by atoms with van der Waals surface area (Å²) in [6, 6.07) is 12.2. The summed E-state index contributed by atoms with van der Waals surface area (Å²) in [5.74, 6) is 0.506. The quantitative estimate of drug-likeness (QED) is 0.222. The second-order valence-corrected chi connectivity index (χ2v) is 13.2. The first-order chi connectivity index (χ1) is 23.2. The average molecular weight is 672 g/mol. The zero-order valence-electron chi connectivity index (χ0n) is 27.1. The van der Waals surface area contributed by atoms with Crippen LogP contribution < -0.4 is 25.8 Å². The van der Waals surface area contributed by atoms with Gasteiger partial charge in [0, 0.05) is 68.7 Å². The largest absolute Gasteiger partial charge is 0.383 e. The van der Waals surface area contributed by atoms with E-state index in [2.05, 4.69) is 43.9 Å². The molecule has 2 saturated heterocycles. The van der Waals surface area contributed by atoms with E-state index in [0.717, 1.165) is 53.0 Å². The van der Waals surface area contributed by atoms with E-state index >= 15 is 0 Å². The SMILES string of the molecule is COCCN1C(=O)Cc2cc(Nc3nc(N4CC[C@@H](Nc5ccc6c(C7CCC(=O)NC7=O)nn(C)c6c5)[C@H](C)C4)ncc3Cl)ccc21. The van der Waals surface area contributed by atoms with Crippen LogP contribution in [0, 0.1) is 5.92 Å². The number of piperidine rings is 2. The van der Waals surface area contributed by atoms with Crippen LogP contribution in [0.25, 0.3) is 10.9 Å². The highest BCUT2D eigenvalue weighted by molar-refractivity contribution is 6.33. The number of hydrogen-bond acceptors (Lipinski definition) is 10. The number of halogens is 1. The third-order valence-electron chi connectivity index (χ3n) is 9.52. The molecule has 2 aromatic heterocycles. The van der Waals surface area contributed by atoms with Gasteiger partial charge in [0.15, 0.2) is 5.82 Å². The van der Waals surface area contributed by atoms with Gasteiger partial charge in [-0.25, -0.2) is 4.98 Å². The lowest BCUT2D eigenvalue weighted by molar-refractivity contribution is -0.134. The highest BCUT2D eigenvalue weighted by atomic mass is 35.5. The molecule has 48 heavy (non-hydrogen) atoms. The Morgan fingerprint density at radius 2 is 1.94 bits per heavy atom. The number of rotatable bonds is 9. The number of amides is 3. The molecule has 3 aliphatic rings. The standard InChI is InChI=1S/C34H38ClN9O4/c1-19-18-43(34-36-17-25(35)32(40-34)38-21-5-8-27-20(14-21)15-30(46)44(27)12-13-48-3)11-10-26(19)37-22-4-6-23-28(16-22)42(2)41-31(23)24-7-9-29(45)39-33(24)47/h4-6,8,14,16-17,19,24,26,37H,7,9-13,15,18H2,1-3H3,(H,36,38,40)(H,39,45,47)/t19-,24?,26-/m1/s1. The van der Waals surface area contributed by atoms with E-state index in [1.165, 1.54) is 0 Å². The number of hydrogen-bond donors (Lipinski definition) is 3. The summed E-state index contributed by atoms with van der Waals surface area (Å²) in [5, 5.41) is 15.5. The second-order valence-electron chi connectivity index (χ2n) is 12.8. The molecule has 2 aromatic carbocycles. The van der Waals surface area contributed by atoms with E-state index in [-0.39, 0.29) is 29.7 Å². The maximum Gasteiger partial charge on any atom is 0.235 e. The van der Waals surface area contributed by atoms with Crippen LogP contribution in [-0.2, 0) is 32.6 Å². The van der Waals surface area contributed by atoms with Gasteiger partial charge in [-0.2, -0.15) is 10.1 Å². The molecule has 250 valence electrons. The summed E-state index contributed by atoms with van der Waals surface area (Å²) >= 11 is 6.53. The van der Waals surface area contributed by atoms with Gasteiger partial charge >= 0.3 is 0 Å². The van der Waals surface area contributed by atoms with Gasteiger partial charge in [0.2, 0.25) is 23.7 Å². The van der Waals surface area contributed by atoms with Crippen LogP contribution in [0.1, 0.15) is 43.4 Å². The molecule has 0 saturated carbocycles. The highest BCUT2D eigenvalue weighted by Crippen LogP contribution is 2.35. The summed E-state index contributed by atoms with van der Waals surface area (Å²) in [7, 11) is 3.50. The zero-order chi connectivity index (χ0) is 33.5. The van der Waals surface area contributed by atoms with Crippen LogP contribution >= 0.6 is 11.6 Å². The summed E-state index contributed by atoms with van der Waals surface area (Å²) < 4.78 is 6.96. The molecule has 3 N–H and O–H groups in total. The highest BCUT2D eigenvalue weighted by Gasteiger charge is 2.32. The molecule has 3 atom stereocenters. The molecule has 13 nitrogen and oxygen atoms in total. The van der Waals surface area contributed by atoms with E-state index in [9.17, 15) is 14.4 Å². The van der Waals surface area contributed by atoms with Gasteiger partial charge in [0.1, 0.15) is 5.02 Å². The van der Waals surface area contributed by atoms with Crippen LogP contribution in [0.15, 0.2) is 42.6 Å². The van der Waals surface area contributed by atoms with Crippen molar-refractivity contribution >= 4 is 69.1 Å². The molecular weight excluding hydrogens is 634 g/mol. The van der Waals surface area contributed by atoms with Crippen molar-refractivity contribution in [2.24, 2.45) is 13.0 Å². The third kappa shape index (κ3) is 6.15. The molecule has 14 heteroatoms. The number of ether oxygens (including phenoxy) is 1. The fraction of sp³-hybridized carbons (Fsp3) is 0.412. The first-order valence-corrected chi connectivity index (χ1v) is 16.6.